The minimum atomic E-state index is -4.51. The number of aromatic nitrogens is 4. The van der Waals surface area contributed by atoms with E-state index in [0.717, 1.165) is 31.5 Å². The van der Waals surface area contributed by atoms with Gasteiger partial charge in [-0.25, -0.2) is 9.50 Å². The first kappa shape index (κ1) is 23.5. The number of rotatable bonds is 5. The maximum Gasteiger partial charge on any atom is 0.417 e. The van der Waals surface area contributed by atoms with Crippen molar-refractivity contribution in [1.82, 2.24) is 24.9 Å². The molecule has 8 nitrogen and oxygen atoms in total. The summed E-state index contributed by atoms with van der Waals surface area (Å²) in [4.78, 5) is 35.0. The van der Waals surface area contributed by atoms with Crippen LogP contribution in [0, 0.1) is 0 Å². The average molecular weight is 494 g/mol. The summed E-state index contributed by atoms with van der Waals surface area (Å²) in [6.07, 6.45) is 3.52. The molecule has 4 aromatic rings. The molecule has 0 saturated heterocycles. The molecule has 1 aliphatic rings. The van der Waals surface area contributed by atoms with E-state index >= 15 is 0 Å². The highest BCUT2D eigenvalue weighted by molar-refractivity contribution is 6.07. The Morgan fingerprint density at radius 2 is 1.86 bits per heavy atom. The monoisotopic (exact) mass is 494 g/mol. The minimum absolute atomic E-state index is 0.135. The third kappa shape index (κ3) is 4.28. The summed E-state index contributed by atoms with van der Waals surface area (Å²) in [5.41, 5.74) is 1.82. The van der Waals surface area contributed by atoms with Crippen molar-refractivity contribution in [2.75, 3.05) is 11.9 Å². The number of pyridine rings is 3. The summed E-state index contributed by atoms with van der Waals surface area (Å²) in [6, 6.07) is 8.69. The van der Waals surface area contributed by atoms with Crippen molar-refractivity contribution in [1.29, 1.82) is 0 Å². The predicted octanol–water partition coefficient (Wildman–Crippen LogP) is 4.37. The molecule has 11 heteroatoms. The van der Waals surface area contributed by atoms with Crippen molar-refractivity contribution < 1.29 is 22.8 Å². The predicted molar refractivity (Wildman–Crippen MR) is 126 cm³/mol. The molecule has 0 aromatic carbocycles. The third-order valence-electron chi connectivity index (χ3n) is 6.28. The van der Waals surface area contributed by atoms with Crippen molar-refractivity contribution in [3.63, 3.8) is 0 Å². The number of hydrogen-bond acceptors (Lipinski definition) is 5. The van der Waals surface area contributed by atoms with Crippen LogP contribution in [-0.2, 0) is 6.18 Å². The second-order valence-electron chi connectivity index (χ2n) is 8.48. The van der Waals surface area contributed by atoms with Gasteiger partial charge in [-0.05, 0) is 49.6 Å². The Balaban J connectivity index is 1.49. The zero-order valence-corrected chi connectivity index (χ0v) is 19.2. The molecule has 5 rings (SSSR count). The van der Waals surface area contributed by atoms with E-state index in [4.69, 9.17) is 0 Å². The first-order valence-corrected chi connectivity index (χ1v) is 11.3. The average Bonchev–Trinajstić information content (AvgIpc) is 3.28. The molecular formula is C25H21F3N6O2. The smallest absolute Gasteiger partial charge is 0.354 e. The Morgan fingerprint density at radius 1 is 1.06 bits per heavy atom. The van der Waals surface area contributed by atoms with Gasteiger partial charge in [0.05, 0.1) is 17.3 Å². The maximum atomic E-state index is 13.6. The Hall–Kier alpha value is -4.28. The lowest BCUT2D eigenvalue weighted by Gasteiger charge is -2.37. The van der Waals surface area contributed by atoms with Gasteiger partial charge in [0.25, 0.3) is 11.8 Å². The fraction of sp³-hybridized carbons (Fsp3) is 0.240. The number of anilines is 1. The number of amides is 2. The summed E-state index contributed by atoms with van der Waals surface area (Å²) in [6.45, 7) is 0. The van der Waals surface area contributed by atoms with Gasteiger partial charge in [-0.2, -0.15) is 18.3 Å². The largest absolute Gasteiger partial charge is 0.417 e. The lowest BCUT2D eigenvalue weighted by atomic mass is 9.91. The highest BCUT2D eigenvalue weighted by Crippen LogP contribution is 2.33. The van der Waals surface area contributed by atoms with Crippen molar-refractivity contribution in [3.8, 4) is 11.1 Å². The van der Waals surface area contributed by atoms with E-state index in [0.29, 0.717) is 22.2 Å². The molecule has 2 amide bonds. The Morgan fingerprint density at radius 3 is 2.44 bits per heavy atom. The van der Waals surface area contributed by atoms with E-state index in [1.165, 1.54) is 18.0 Å². The van der Waals surface area contributed by atoms with Crippen LogP contribution in [0.4, 0.5) is 19.0 Å². The van der Waals surface area contributed by atoms with Crippen LogP contribution < -0.4 is 10.2 Å². The van der Waals surface area contributed by atoms with Gasteiger partial charge in [-0.15, -0.1) is 0 Å². The molecule has 184 valence electrons. The summed E-state index contributed by atoms with van der Waals surface area (Å²) >= 11 is 0. The lowest BCUT2D eigenvalue weighted by molar-refractivity contribution is -0.137. The number of carbonyl (C=O) groups excluding carboxylic acids is 2. The van der Waals surface area contributed by atoms with Crippen LogP contribution in [0.2, 0.25) is 0 Å². The number of nitrogens with zero attached hydrogens (tertiary/aromatic N) is 5. The molecule has 1 aliphatic carbocycles. The molecule has 0 radical (unpaired) electrons. The summed E-state index contributed by atoms with van der Waals surface area (Å²) < 4.78 is 40.6. The zero-order chi connectivity index (χ0) is 25.4. The summed E-state index contributed by atoms with van der Waals surface area (Å²) in [5.74, 6) is -0.475. The SMILES string of the molecule is CNC(=O)c1ccc(-c2cnn3ccc(C(=O)N(c4ccc(C(F)(F)F)cn4)C4CCC4)cc23)cn1. The van der Waals surface area contributed by atoms with Crippen molar-refractivity contribution in [2.24, 2.45) is 0 Å². The molecule has 1 fully saturated rings. The van der Waals surface area contributed by atoms with Gasteiger partial charge in [0.2, 0.25) is 0 Å². The topological polar surface area (TPSA) is 92.5 Å². The van der Waals surface area contributed by atoms with E-state index in [1.807, 2.05) is 0 Å². The number of alkyl halides is 3. The molecular weight excluding hydrogens is 473 g/mol. The van der Waals surface area contributed by atoms with E-state index < -0.39 is 11.7 Å². The molecule has 0 atom stereocenters. The highest BCUT2D eigenvalue weighted by atomic mass is 19.4. The van der Waals surface area contributed by atoms with E-state index in [-0.39, 0.29) is 29.4 Å². The van der Waals surface area contributed by atoms with Crippen LogP contribution in [-0.4, -0.2) is 44.5 Å². The van der Waals surface area contributed by atoms with E-state index in [2.05, 4.69) is 20.4 Å². The van der Waals surface area contributed by atoms with Crippen LogP contribution in [0.5, 0.6) is 0 Å². The van der Waals surface area contributed by atoms with E-state index in [1.54, 1.807) is 47.4 Å². The number of nitrogens with one attached hydrogen (secondary N) is 1. The molecule has 4 aromatic heterocycles. The number of hydrogen-bond donors (Lipinski definition) is 1. The lowest BCUT2D eigenvalue weighted by Crippen LogP contribution is -2.45. The molecule has 36 heavy (non-hydrogen) atoms. The fourth-order valence-corrected chi connectivity index (χ4v) is 4.09. The number of fused-ring (bicyclic) bond motifs is 1. The van der Waals surface area contributed by atoms with Crippen LogP contribution >= 0.6 is 0 Å². The van der Waals surface area contributed by atoms with Crippen LogP contribution in [0.1, 0.15) is 45.7 Å². The maximum absolute atomic E-state index is 13.6. The Kier molecular flexibility index (Phi) is 5.91. The Bertz CT molecular complexity index is 1430. The standard InChI is InChI=1S/C25H21F3N6O2/c1-29-23(35)20-7-5-16(12-30-20)19-14-32-33-10-9-15(11-21(19)33)24(36)34(18-3-2-4-18)22-8-6-17(13-31-22)25(26,27)28/h5-14,18H,2-4H2,1H3,(H,29,35). The van der Waals surface area contributed by atoms with E-state index in [9.17, 15) is 22.8 Å². The van der Waals surface area contributed by atoms with Gasteiger partial charge >= 0.3 is 6.18 Å². The Labute approximate surface area is 203 Å². The molecule has 0 bridgehead atoms. The van der Waals surface area contributed by atoms with Gasteiger partial charge in [0, 0.05) is 48.4 Å². The van der Waals surface area contributed by atoms with Crippen LogP contribution in [0.15, 0.2) is 61.2 Å². The van der Waals surface area contributed by atoms with Crippen molar-refractivity contribution in [3.05, 3.63) is 78.0 Å². The molecule has 0 aliphatic heterocycles. The summed E-state index contributed by atoms with van der Waals surface area (Å²) in [7, 11) is 1.52. The van der Waals surface area contributed by atoms with Gasteiger partial charge in [0.1, 0.15) is 11.5 Å². The molecule has 0 spiro atoms. The summed E-state index contributed by atoms with van der Waals surface area (Å²) in [5, 5.41) is 6.85. The van der Waals surface area contributed by atoms with Crippen molar-refractivity contribution in [2.45, 2.75) is 31.5 Å². The van der Waals surface area contributed by atoms with Crippen LogP contribution in [0.3, 0.4) is 0 Å². The zero-order valence-electron chi connectivity index (χ0n) is 19.2. The highest BCUT2D eigenvalue weighted by Gasteiger charge is 2.34. The second kappa shape index (κ2) is 9.06. The quantitative estimate of drug-likeness (QED) is 0.445. The fourth-order valence-electron chi connectivity index (χ4n) is 4.09. The number of halogens is 3. The van der Waals surface area contributed by atoms with Crippen molar-refractivity contribution >= 4 is 23.1 Å². The van der Waals surface area contributed by atoms with Gasteiger partial charge in [0.15, 0.2) is 0 Å². The minimum Gasteiger partial charge on any atom is -0.354 e. The first-order valence-electron chi connectivity index (χ1n) is 11.3. The number of carbonyl (C=O) groups is 2. The molecule has 4 heterocycles. The third-order valence-corrected chi connectivity index (χ3v) is 6.28. The van der Waals surface area contributed by atoms with Gasteiger partial charge in [-0.1, -0.05) is 6.07 Å². The van der Waals surface area contributed by atoms with Gasteiger partial charge in [-0.3, -0.25) is 19.5 Å². The van der Waals surface area contributed by atoms with Gasteiger partial charge < -0.3 is 5.32 Å². The molecule has 1 saturated carbocycles. The first-order chi connectivity index (χ1) is 17.3. The van der Waals surface area contributed by atoms with Crippen LogP contribution in [0.25, 0.3) is 16.6 Å². The molecule has 1 N–H and O–H groups in total. The second-order valence-corrected chi connectivity index (χ2v) is 8.48. The normalized spacial score (nSPS) is 13.9. The molecule has 0 unspecified atom stereocenters.